The fourth-order valence-electron chi connectivity index (χ4n) is 2.80. The van der Waals surface area contributed by atoms with Gasteiger partial charge in [0.05, 0.1) is 23.7 Å². The molecule has 7 nitrogen and oxygen atoms in total. The lowest BCUT2D eigenvalue weighted by atomic mass is 9.97. The average Bonchev–Trinajstić information content (AvgIpc) is 2.69. The number of nitrogens with zero attached hydrogens (tertiary/aromatic N) is 3. The van der Waals surface area contributed by atoms with Crippen LogP contribution in [0.25, 0.3) is 17.3 Å². The van der Waals surface area contributed by atoms with Gasteiger partial charge in [-0.3, -0.25) is 0 Å². The third kappa shape index (κ3) is 6.07. The highest BCUT2D eigenvalue weighted by Gasteiger charge is 2.22. The lowest BCUT2D eigenvalue weighted by molar-refractivity contribution is 0.191. The van der Waals surface area contributed by atoms with Gasteiger partial charge in [0.15, 0.2) is 0 Å². The summed E-state index contributed by atoms with van der Waals surface area (Å²) >= 11 is 0. The number of sulfonamides is 1. The number of hydrogen-bond acceptors (Lipinski definition) is 6. The van der Waals surface area contributed by atoms with E-state index < -0.39 is 21.9 Å². The highest BCUT2D eigenvalue weighted by molar-refractivity contribution is 7.92. The van der Waals surface area contributed by atoms with Gasteiger partial charge in [-0.2, -0.15) is 0 Å². The van der Waals surface area contributed by atoms with E-state index in [1.165, 1.54) is 19.2 Å². The van der Waals surface area contributed by atoms with E-state index in [1.54, 1.807) is 24.3 Å². The highest BCUT2D eigenvalue weighted by atomic mass is 32.2. The molecular formula is C21H28FN3O4S. The van der Waals surface area contributed by atoms with E-state index in [9.17, 15) is 17.9 Å². The van der Waals surface area contributed by atoms with E-state index in [4.69, 9.17) is 5.11 Å². The molecule has 0 aliphatic carbocycles. The van der Waals surface area contributed by atoms with Crippen LogP contribution in [0.3, 0.4) is 0 Å². The van der Waals surface area contributed by atoms with Crippen LogP contribution in [-0.2, 0) is 10.0 Å². The number of aromatic nitrogens is 2. The van der Waals surface area contributed by atoms with Gasteiger partial charge < -0.3 is 10.2 Å². The van der Waals surface area contributed by atoms with Crippen LogP contribution >= 0.6 is 0 Å². The van der Waals surface area contributed by atoms with Crippen LogP contribution in [0.15, 0.2) is 30.3 Å². The Hall–Kier alpha value is -2.36. The molecule has 164 valence electrons. The zero-order valence-electron chi connectivity index (χ0n) is 17.6. The summed E-state index contributed by atoms with van der Waals surface area (Å²) < 4.78 is 38.5. The first kappa shape index (κ1) is 23.9. The standard InChI is InChI=1S/C21H28FN3O4S/c1-14(2)19-18(12-11-17(27)6-5-13-26)20(15-7-9-16(22)10-8-15)24-21(23-19)25(3)30(4,28)29/h7-12,14,17,26-27H,5-6,13H2,1-4H3/t17-/m0/s1. The second kappa shape index (κ2) is 10.1. The van der Waals surface area contributed by atoms with Crippen molar-refractivity contribution in [1.82, 2.24) is 9.97 Å². The van der Waals surface area contributed by atoms with Crippen molar-refractivity contribution in [2.75, 3.05) is 24.2 Å². The molecule has 0 unspecified atom stereocenters. The molecule has 2 rings (SSSR count). The number of aliphatic hydroxyl groups excluding tert-OH is 2. The molecule has 0 saturated carbocycles. The first-order chi connectivity index (χ1) is 14.0. The minimum atomic E-state index is -3.59. The van der Waals surface area contributed by atoms with E-state index in [0.717, 1.165) is 10.6 Å². The maximum absolute atomic E-state index is 13.5. The molecule has 0 fully saturated rings. The van der Waals surface area contributed by atoms with Crippen molar-refractivity contribution < 1.29 is 23.0 Å². The monoisotopic (exact) mass is 437 g/mol. The molecule has 1 aromatic carbocycles. The van der Waals surface area contributed by atoms with Crippen LogP contribution in [0, 0.1) is 5.82 Å². The summed E-state index contributed by atoms with van der Waals surface area (Å²) in [7, 11) is -2.21. The van der Waals surface area contributed by atoms with Gasteiger partial charge in [0.25, 0.3) is 0 Å². The van der Waals surface area contributed by atoms with E-state index in [0.29, 0.717) is 35.4 Å². The molecule has 1 heterocycles. The third-order valence-electron chi connectivity index (χ3n) is 4.55. The van der Waals surface area contributed by atoms with Gasteiger partial charge in [-0.25, -0.2) is 27.1 Å². The highest BCUT2D eigenvalue weighted by Crippen LogP contribution is 2.31. The minimum absolute atomic E-state index is 0.0125. The Morgan fingerprint density at radius 3 is 2.37 bits per heavy atom. The smallest absolute Gasteiger partial charge is 0.239 e. The number of rotatable bonds is 9. The zero-order valence-corrected chi connectivity index (χ0v) is 18.4. The number of hydrogen-bond donors (Lipinski definition) is 2. The molecule has 0 bridgehead atoms. The molecule has 2 aromatic rings. The largest absolute Gasteiger partial charge is 0.396 e. The lowest BCUT2D eigenvalue weighted by Gasteiger charge is -2.20. The van der Waals surface area contributed by atoms with E-state index in [1.807, 2.05) is 13.8 Å². The minimum Gasteiger partial charge on any atom is -0.396 e. The van der Waals surface area contributed by atoms with Crippen LogP contribution in [0.2, 0.25) is 0 Å². The van der Waals surface area contributed by atoms with Crippen molar-refractivity contribution in [3.63, 3.8) is 0 Å². The number of aliphatic hydroxyl groups is 2. The Kier molecular flexibility index (Phi) is 8.05. The van der Waals surface area contributed by atoms with E-state index >= 15 is 0 Å². The van der Waals surface area contributed by atoms with Crippen LogP contribution in [0.4, 0.5) is 10.3 Å². The van der Waals surface area contributed by atoms with Crippen LogP contribution in [0.1, 0.15) is 43.9 Å². The number of anilines is 1. The molecular weight excluding hydrogens is 409 g/mol. The van der Waals surface area contributed by atoms with Crippen molar-refractivity contribution in [3.8, 4) is 11.3 Å². The quantitative estimate of drug-likeness (QED) is 0.625. The van der Waals surface area contributed by atoms with Crippen LogP contribution in [0.5, 0.6) is 0 Å². The number of halogens is 1. The van der Waals surface area contributed by atoms with Gasteiger partial charge in [-0.05, 0) is 43.0 Å². The summed E-state index contributed by atoms with van der Waals surface area (Å²) in [6, 6.07) is 5.73. The van der Waals surface area contributed by atoms with Gasteiger partial charge in [0.2, 0.25) is 16.0 Å². The first-order valence-electron chi connectivity index (χ1n) is 9.63. The molecule has 0 spiro atoms. The van der Waals surface area contributed by atoms with Gasteiger partial charge in [-0.15, -0.1) is 0 Å². The summed E-state index contributed by atoms with van der Waals surface area (Å²) in [5.41, 5.74) is 2.24. The van der Waals surface area contributed by atoms with Crippen LogP contribution < -0.4 is 4.31 Å². The Morgan fingerprint density at radius 1 is 1.20 bits per heavy atom. The number of benzene rings is 1. The topological polar surface area (TPSA) is 104 Å². The summed E-state index contributed by atoms with van der Waals surface area (Å²) in [4.78, 5) is 8.93. The Bertz CT molecular complexity index is 992. The molecule has 0 amide bonds. The van der Waals surface area contributed by atoms with Gasteiger partial charge in [0, 0.05) is 24.8 Å². The maximum Gasteiger partial charge on any atom is 0.239 e. The second-order valence-corrected chi connectivity index (χ2v) is 9.37. The fourth-order valence-corrected chi connectivity index (χ4v) is 3.18. The van der Waals surface area contributed by atoms with Crippen LogP contribution in [-0.4, -0.2) is 54.6 Å². The summed E-state index contributed by atoms with van der Waals surface area (Å²) in [5, 5.41) is 19.1. The van der Waals surface area contributed by atoms with Gasteiger partial charge in [-0.1, -0.05) is 26.0 Å². The maximum atomic E-state index is 13.5. The predicted octanol–water partition coefficient (Wildman–Crippen LogP) is 2.95. The fraction of sp³-hybridized carbons (Fsp3) is 0.429. The van der Waals surface area contributed by atoms with Crippen molar-refractivity contribution in [3.05, 3.63) is 47.4 Å². The third-order valence-corrected chi connectivity index (χ3v) is 5.71. The normalized spacial score (nSPS) is 13.2. The Balaban J connectivity index is 2.70. The van der Waals surface area contributed by atoms with Gasteiger partial charge in [0.1, 0.15) is 5.82 Å². The molecule has 0 aliphatic heterocycles. The second-order valence-electron chi connectivity index (χ2n) is 7.36. The lowest BCUT2D eigenvalue weighted by Crippen LogP contribution is -2.27. The average molecular weight is 438 g/mol. The Labute approximate surface area is 177 Å². The molecule has 9 heteroatoms. The van der Waals surface area contributed by atoms with Crippen molar-refractivity contribution in [2.45, 2.75) is 38.7 Å². The van der Waals surface area contributed by atoms with Crippen molar-refractivity contribution in [2.24, 2.45) is 0 Å². The molecule has 2 N–H and O–H groups in total. The van der Waals surface area contributed by atoms with E-state index in [2.05, 4.69) is 9.97 Å². The summed E-state index contributed by atoms with van der Waals surface area (Å²) in [5.74, 6) is -0.464. The van der Waals surface area contributed by atoms with Gasteiger partial charge >= 0.3 is 0 Å². The van der Waals surface area contributed by atoms with Crippen molar-refractivity contribution in [1.29, 1.82) is 0 Å². The zero-order chi connectivity index (χ0) is 22.5. The molecule has 0 aliphatic rings. The molecule has 1 aromatic heterocycles. The van der Waals surface area contributed by atoms with Crippen molar-refractivity contribution >= 4 is 22.0 Å². The van der Waals surface area contributed by atoms with E-state index in [-0.39, 0.29) is 18.5 Å². The predicted molar refractivity (Wildman–Crippen MR) is 116 cm³/mol. The SMILES string of the molecule is CC(C)c1nc(N(C)S(C)(=O)=O)nc(-c2ccc(F)cc2)c1C=C[C@@H](O)CCCO. The Morgan fingerprint density at radius 2 is 1.83 bits per heavy atom. The summed E-state index contributed by atoms with van der Waals surface area (Å²) in [6.45, 7) is 3.82. The molecule has 1 atom stereocenters. The first-order valence-corrected chi connectivity index (χ1v) is 11.5. The molecule has 0 saturated heterocycles. The molecule has 30 heavy (non-hydrogen) atoms. The molecule has 0 radical (unpaired) electrons. The summed E-state index contributed by atoms with van der Waals surface area (Å²) in [6.07, 6.45) is 4.44.